The molecule has 1 rings (SSSR count). The van der Waals surface area contributed by atoms with Crippen LogP contribution >= 0.6 is 0 Å². The summed E-state index contributed by atoms with van der Waals surface area (Å²) in [5, 5.41) is 0. The van der Waals surface area contributed by atoms with Crippen LogP contribution < -0.4 is 0 Å². The highest BCUT2D eigenvalue weighted by molar-refractivity contribution is 6.73. The van der Waals surface area contributed by atoms with Gasteiger partial charge < -0.3 is 4.79 Å². The lowest BCUT2D eigenvalue weighted by Crippen LogP contribution is -2.06. The molecule has 0 aliphatic carbocycles. The molecule has 55 valence electrons. The molecule has 0 amide bonds. The Morgan fingerprint density at radius 2 is 1.70 bits per heavy atom. The molecule has 0 atom stereocenters. The van der Waals surface area contributed by atoms with E-state index in [0.29, 0.717) is 5.68 Å². The number of carbonyl (C=O) groups is 1. The zero-order valence-electron chi connectivity index (χ0n) is 6.44. The van der Waals surface area contributed by atoms with Crippen LogP contribution in [0, 0.1) is 0 Å². The van der Waals surface area contributed by atoms with E-state index in [9.17, 15) is 4.79 Å². The molecule has 1 fully saturated rings. The van der Waals surface area contributed by atoms with E-state index in [1.54, 1.807) is 0 Å². The van der Waals surface area contributed by atoms with E-state index in [2.05, 4.69) is 0 Å². The first kappa shape index (κ1) is 7.84. The van der Waals surface area contributed by atoms with Crippen molar-refractivity contribution in [3.63, 3.8) is 0 Å². The minimum absolute atomic E-state index is 0.363. The van der Waals surface area contributed by atoms with Crippen LogP contribution in [-0.4, -0.2) is 13.0 Å². The Kier molecular flexibility index (Phi) is 3.55. The van der Waals surface area contributed by atoms with Crippen LogP contribution in [0.2, 0.25) is 6.32 Å². The maximum absolute atomic E-state index is 10.9. The fourth-order valence-corrected chi connectivity index (χ4v) is 1.34. The molecule has 1 saturated heterocycles. The third-order valence-electron chi connectivity index (χ3n) is 2.00. The molecule has 10 heavy (non-hydrogen) atoms. The molecule has 1 aliphatic rings. The summed E-state index contributed by atoms with van der Waals surface area (Å²) in [6.07, 6.45) is 8.00. The largest absolute Gasteiger partial charge is 0.312 e. The summed E-state index contributed by atoms with van der Waals surface area (Å²) in [5.41, 5.74) is 0.363. The first-order valence-electron chi connectivity index (χ1n) is 4.25. The summed E-state index contributed by atoms with van der Waals surface area (Å²) in [6, 6.07) is 0. The molecule has 0 unspecified atom stereocenters. The molecule has 0 saturated carbocycles. The van der Waals surface area contributed by atoms with Gasteiger partial charge in [0.05, 0.1) is 5.68 Å². The predicted octanol–water partition coefficient (Wildman–Crippen LogP) is 1.99. The highest BCUT2D eigenvalue weighted by Gasteiger charge is 2.05. The Labute approximate surface area is 63.4 Å². The summed E-state index contributed by atoms with van der Waals surface area (Å²) < 4.78 is 0. The predicted molar refractivity (Wildman–Crippen MR) is 43.3 cm³/mol. The molecule has 0 spiro atoms. The van der Waals surface area contributed by atoms with Crippen LogP contribution in [0.15, 0.2) is 0 Å². The molecule has 1 nitrogen and oxygen atoms in total. The highest BCUT2D eigenvalue weighted by atomic mass is 16.1. The average Bonchev–Trinajstić information content (AvgIpc) is 2.02. The van der Waals surface area contributed by atoms with E-state index in [-0.39, 0.29) is 0 Å². The van der Waals surface area contributed by atoms with Crippen molar-refractivity contribution in [1.82, 2.24) is 0 Å². The number of hydrogen-bond donors (Lipinski definition) is 0. The number of hydrogen-bond acceptors (Lipinski definition) is 1. The van der Waals surface area contributed by atoms with Gasteiger partial charge >= 0.3 is 0 Å². The highest BCUT2D eigenvalue weighted by Crippen LogP contribution is 2.10. The minimum Gasteiger partial charge on any atom is -0.312 e. The molecule has 0 aromatic heterocycles. The van der Waals surface area contributed by atoms with Crippen LogP contribution in [0.3, 0.4) is 0 Å². The fraction of sp³-hybridized carbons (Fsp3) is 0.875. The summed E-state index contributed by atoms with van der Waals surface area (Å²) in [5.74, 6) is 0. The van der Waals surface area contributed by atoms with Crippen molar-refractivity contribution < 1.29 is 4.79 Å². The van der Waals surface area contributed by atoms with Gasteiger partial charge in [0, 0.05) is 0 Å². The molecular weight excluding hydrogens is 123 g/mol. The van der Waals surface area contributed by atoms with E-state index >= 15 is 0 Å². The SMILES string of the molecule is O=C1[B]CCCCCCC1. The van der Waals surface area contributed by atoms with Crippen LogP contribution in [-0.2, 0) is 4.79 Å². The van der Waals surface area contributed by atoms with E-state index in [1.165, 1.54) is 25.7 Å². The summed E-state index contributed by atoms with van der Waals surface area (Å²) in [4.78, 5) is 10.9. The van der Waals surface area contributed by atoms with Crippen molar-refractivity contribution in [3.8, 4) is 0 Å². The van der Waals surface area contributed by atoms with Crippen molar-refractivity contribution in [2.24, 2.45) is 0 Å². The summed E-state index contributed by atoms with van der Waals surface area (Å²) in [6.45, 7) is 0. The summed E-state index contributed by atoms with van der Waals surface area (Å²) >= 11 is 0. The van der Waals surface area contributed by atoms with Gasteiger partial charge in [-0.2, -0.15) is 0 Å². The molecule has 1 aliphatic heterocycles. The van der Waals surface area contributed by atoms with Gasteiger partial charge in [-0.25, -0.2) is 0 Å². The molecule has 1 radical (unpaired) electrons. The molecule has 1 heterocycles. The number of carbonyl (C=O) groups excluding carboxylic acids is 1. The third-order valence-corrected chi connectivity index (χ3v) is 2.00. The second kappa shape index (κ2) is 4.53. The van der Waals surface area contributed by atoms with Crippen LogP contribution in [0.1, 0.15) is 38.5 Å². The normalized spacial score (nSPS) is 22.2. The van der Waals surface area contributed by atoms with Crippen LogP contribution in [0.4, 0.5) is 0 Å². The van der Waals surface area contributed by atoms with Gasteiger partial charge in [-0.1, -0.05) is 32.0 Å². The van der Waals surface area contributed by atoms with Gasteiger partial charge in [-0.3, -0.25) is 0 Å². The van der Waals surface area contributed by atoms with Crippen molar-refractivity contribution in [2.75, 3.05) is 0 Å². The topological polar surface area (TPSA) is 17.1 Å². The maximum atomic E-state index is 10.9. The van der Waals surface area contributed by atoms with Crippen molar-refractivity contribution >= 4 is 13.0 Å². The second-order valence-electron chi connectivity index (χ2n) is 2.98. The molecule has 2 heteroatoms. The molecule has 0 aromatic carbocycles. The number of rotatable bonds is 0. The van der Waals surface area contributed by atoms with Gasteiger partial charge in [0.25, 0.3) is 0 Å². The Balaban J connectivity index is 2.21. The third kappa shape index (κ3) is 3.04. The quantitative estimate of drug-likeness (QED) is 0.466. The maximum Gasteiger partial charge on any atom is 0.202 e. The van der Waals surface area contributed by atoms with Crippen molar-refractivity contribution in [2.45, 2.75) is 44.8 Å². The van der Waals surface area contributed by atoms with Gasteiger partial charge in [-0.15, -0.1) is 0 Å². The fourth-order valence-electron chi connectivity index (χ4n) is 1.34. The van der Waals surface area contributed by atoms with Crippen LogP contribution in [0.5, 0.6) is 0 Å². The van der Waals surface area contributed by atoms with Gasteiger partial charge in [0.2, 0.25) is 7.28 Å². The van der Waals surface area contributed by atoms with Crippen molar-refractivity contribution in [3.05, 3.63) is 0 Å². The minimum atomic E-state index is 0.363. The standard InChI is InChI=1S/C8H14BO/c10-8-6-4-2-1-3-5-7-9-8/h1-7H2. The molecule has 0 aromatic rings. The van der Waals surface area contributed by atoms with Crippen molar-refractivity contribution in [1.29, 1.82) is 0 Å². The molecular formula is C8H14BO. The lowest BCUT2D eigenvalue weighted by atomic mass is 9.67. The lowest BCUT2D eigenvalue weighted by molar-refractivity contribution is -0.112. The van der Waals surface area contributed by atoms with Crippen LogP contribution in [0.25, 0.3) is 0 Å². The summed E-state index contributed by atoms with van der Waals surface area (Å²) in [7, 11) is 1.87. The average molecular weight is 137 g/mol. The van der Waals surface area contributed by atoms with E-state index in [0.717, 1.165) is 19.2 Å². The Morgan fingerprint density at radius 1 is 1.00 bits per heavy atom. The Bertz CT molecular complexity index is 99.8. The molecule has 0 N–H and O–H groups in total. The van der Waals surface area contributed by atoms with E-state index in [4.69, 9.17) is 0 Å². The lowest BCUT2D eigenvalue weighted by Gasteiger charge is -1.93. The first-order valence-corrected chi connectivity index (χ1v) is 4.25. The van der Waals surface area contributed by atoms with E-state index < -0.39 is 0 Å². The van der Waals surface area contributed by atoms with Gasteiger partial charge in [0.1, 0.15) is 0 Å². The smallest absolute Gasteiger partial charge is 0.202 e. The van der Waals surface area contributed by atoms with Gasteiger partial charge in [0.15, 0.2) is 0 Å². The Morgan fingerprint density at radius 3 is 2.60 bits per heavy atom. The molecule has 0 bridgehead atoms. The first-order chi connectivity index (χ1) is 4.89. The van der Waals surface area contributed by atoms with Gasteiger partial charge in [-0.05, 0) is 12.8 Å². The Hall–Kier alpha value is -0.265. The van der Waals surface area contributed by atoms with E-state index in [1.807, 2.05) is 7.28 Å². The monoisotopic (exact) mass is 137 g/mol. The zero-order chi connectivity index (χ0) is 7.23. The zero-order valence-corrected chi connectivity index (χ0v) is 6.44. The second-order valence-corrected chi connectivity index (χ2v) is 2.98.